The first-order valence-electron chi connectivity index (χ1n) is 13.6. The van der Waals surface area contributed by atoms with Crippen LogP contribution in [0.15, 0.2) is 42.4 Å². The van der Waals surface area contributed by atoms with Gasteiger partial charge >= 0.3 is 0 Å². The molecule has 4 aromatic heterocycles. The lowest BCUT2D eigenvalue weighted by atomic mass is 10.1. The van der Waals surface area contributed by atoms with Crippen molar-refractivity contribution in [1.82, 2.24) is 44.1 Å². The molecule has 0 saturated carbocycles. The van der Waals surface area contributed by atoms with Crippen LogP contribution in [0.3, 0.4) is 0 Å². The molecule has 7 rings (SSSR count). The fourth-order valence-corrected chi connectivity index (χ4v) is 6.57. The Morgan fingerprint density at radius 2 is 1.90 bits per heavy atom. The standard InChI is InChI=1S/C26H31N11O2S/c1-32-7-9-33(10-8-32)23(38)16-35-13-18(11-28-35)29-26-30-24-21(3-2-6-36(24)31-26)34-14-19-4-5-20(15-34)37(19)25(39)22-12-27-17-40-22/h2-3,6,11-13,17,19-20H,4-5,7-10,14-16H2,1H3,(H,29,31). The van der Waals surface area contributed by atoms with Crippen molar-refractivity contribution in [2.45, 2.75) is 31.5 Å². The summed E-state index contributed by atoms with van der Waals surface area (Å²) in [6.45, 7) is 4.98. The second kappa shape index (κ2) is 10.2. The summed E-state index contributed by atoms with van der Waals surface area (Å²) in [5.74, 6) is 0.619. The van der Waals surface area contributed by atoms with Crippen molar-refractivity contribution in [1.29, 1.82) is 0 Å². The Labute approximate surface area is 235 Å². The van der Waals surface area contributed by atoms with E-state index in [1.54, 1.807) is 33.3 Å². The van der Waals surface area contributed by atoms with Crippen molar-refractivity contribution in [3.8, 4) is 0 Å². The van der Waals surface area contributed by atoms with Crippen molar-refractivity contribution in [3.05, 3.63) is 47.3 Å². The first kappa shape index (κ1) is 25.0. The summed E-state index contributed by atoms with van der Waals surface area (Å²) in [7, 11) is 2.07. The summed E-state index contributed by atoms with van der Waals surface area (Å²) in [6, 6.07) is 4.36. The lowest BCUT2D eigenvalue weighted by Gasteiger charge is -2.41. The number of hydrogen-bond acceptors (Lipinski definition) is 10. The molecular formula is C26H31N11O2S. The van der Waals surface area contributed by atoms with Crippen LogP contribution in [0.4, 0.5) is 17.3 Å². The van der Waals surface area contributed by atoms with Crippen molar-refractivity contribution in [2.75, 3.05) is 56.5 Å². The van der Waals surface area contributed by atoms with Gasteiger partial charge < -0.3 is 24.9 Å². The minimum absolute atomic E-state index is 0.0704. The second-order valence-electron chi connectivity index (χ2n) is 10.7. The van der Waals surface area contributed by atoms with Gasteiger partial charge in [0.25, 0.3) is 5.91 Å². The van der Waals surface area contributed by atoms with Crippen LogP contribution in [0.25, 0.3) is 5.65 Å². The summed E-state index contributed by atoms with van der Waals surface area (Å²) in [6.07, 6.45) is 9.02. The van der Waals surface area contributed by atoms with Crippen LogP contribution >= 0.6 is 11.3 Å². The van der Waals surface area contributed by atoms with Gasteiger partial charge in [-0.25, -0.2) is 4.52 Å². The van der Waals surface area contributed by atoms with Crippen LogP contribution in [-0.2, 0) is 11.3 Å². The van der Waals surface area contributed by atoms with Crippen LogP contribution in [0.2, 0.25) is 0 Å². The topological polar surface area (TPSA) is 120 Å². The van der Waals surface area contributed by atoms with E-state index in [9.17, 15) is 9.59 Å². The van der Waals surface area contributed by atoms with Gasteiger partial charge in [-0.15, -0.1) is 16.4 Å². The summed E-state index contributed by atoms with van der Waals surface area (Å²) in [5, 5.41) is 12.2. The SMILES string of the molecule is CN1CCN(C(=O)Cn2cc(Nc3nc4c(N5CC6CCC(C5)N6C(=O)c5cncs5)cccn4n3)cn2)CC1. The number of fused-ring (bicyclic) bond motifs is 3. The maximum atomic E-state index is 13.1. The molecule has 14 heteroatoms. The second-order valence-corrected chi connectivity index (χ2v) is 11.6. The van der Waals surface area contributed by atoms with Gasteiger partial charge in [-0.2, -0.15) is 10.1 Å². The Kier molecular flexibility index (Phi) is 6.35. The van der Waals surface area contributed by atoms with Crippen LogP contribution in [0.5, 0.6) is 0 Å². The van der Waals surface area contributed by atoms with Gasteiger partial charge in [0.05, 0.1) is 29.3 Å². The first-order valence-corrected chi connectivity index (χ1v) is 14.5. The highest BCUT2D eigenvalue weighted by atomic mass is 32.1. The molecule has 0 aromatic carbocycles. The Balaban J connectivity index is 1.04. The van der Waals surface area contributed by atoms with Gasteiger partial charge in [0.2, 0.25) is 11.9 Å². The van der Waals surface area contributed by atoms with Gasteiger partial charge in [-0.1, -0.05) is 0 Å². The van der Waals surface area contributed by atoms with E-state index < -0.39 is 0 Å². The molecule has 3 aliphatic heterocycles. The number of aromatic nitrogens is 6. The van der Waals surface area contributed by atoms with Gasteiger partial charge in [-0.3, -0.25) is 19.3 Å². The summed E-state index contributed by atoms with van der Waals surface area (Å²) in [4.78, 5) is 43.9. The van der Waals surface area contributed by atoms with E-state index in [1.165, 1.54) is 11.3 Å². The quantitative estimate of drug-likeness (QED) is 0.372. The number of piperazine rings is 2. The van der Waals surface area contributed by atoms with Crippen LogP contribution in [-0.4, -0.2) is 114 Å². The molecule has 2 atom stereocenters. The fourth-order valence-electron chi connectivity index (χ4n) is 6.01. The molecule has 1 N–H and O–H groups in total. The number of hydrogen-bond donors (Lipinski definition) is 1. The molecule has 2 amide bonds. The third-order valence-electron chi connectivity index (χ3n) is 8.08. The Morgan fingerprint density at radius 3 is 2.65 bits per heavy atom. The van der Waals surface area contributed by atoms with E-state index in [0.717, 1.165) is 69.1 Å². The number of anilines is 3. The van der Waals surface area contributed by atoms with Crippen molar-refractivity contribution in [2.24, 2.45) is 0 Å². The Bertz CT molecular complexity index is 1510. The first-order chi connectivity index (χ1) is 19.5. The third kappa shape index (κ3) is 4.66. The molecule has 2 unspecified atom stereocenters. The molecule has 0 radical (unpaired) electrons. The molecule has 3 aliphatic rings. The molecule has 0 aliphatic carbocycles. The van der Waals surface area contributed by atoms with Gasteiger partial charge in [0.1, 0.15) is 11.4 Å². The van der Waals surface area contributed by atoms with Crippen molar-refractivity contribution >= 4 is 46.1 Å². The number of amides is 2. The van der Waals surface area contributed by atoms with Gasteiger partial charge in [0.15, 0.2) is 5.65 Å². The van der Waals surface area contributed by atoms with Crippen LogP contribution < -0.4 is 10.2 Å². The molecule has 2 bridgehead atoms. The lowest BCUT2D eigenvalue weighted by molar-refractivity contribution is -0.133. The monoisotopic (exact) mass is 561 g/mol. The molecule has 4 aromatic rings. The highest BCUT2D eigenvalue weighted by molar-refractivity contribution is 7.11. The molecule has 3 saturated heterocycles. The minimum Gasteiger partial charge on any atom is -0.364 e. The number of nitrogens with zero attached hydrogens (tertiary/aromatic N) is 10. The number of thiazole rings is 1. The van der Waals surface area contributed by atoms with E-state index in [2.05, 4.69) is 48.3 Å². The van der Waals surface area contributed by atoms with Gasteiger partial charge in [-0.05, 0) is 32.0 Å². The predicted molar refractivity (Wildman–Crippen MR) is 150 cm³/mol. The average Bonchev–Trinajstić information content (AvgIpc) is 3.76. The normalized spacial score (nSPS) is 21.4. The highest BCUT2D eigenvalue weighted by Gasteiger charge is 2.43. The van der Waals surface area contributed by atoms with Crippen molar-refractivity contribution < 1.29 is 9.59 Å². The van der Waals surface area contributed by atoms with E-state index >= 15 is 0 Å². The zero-order valence-electron chi connectivity index (χ0n) is 22.3. The molecule has 40 heavy (non-hydrogen) atoms. The van der Waals surface area contributed by atoms with E-state index in [1.807, 2.05) is 17.2 Å². The number of carbonyl (C=O) groups excluding carboxylic acids is 2. The van der Waals surface area contributed by atoms with Crippen LogP contribution in [0, 0.1) is 0 Å². The molecule has 0 spiro atoms. The molecule has 3 fully saturated rings. The minimum atomic E-state index is 0.0704. The highest BCUT2D eigenvalue weighted by Crippen LogP contribution is 2.35. The maximum absolute atomic E-state index is 13.1. The zero-order valence-corrected chi connectivity index (χ0v) is 23.1. The largest absolute Gasteiger partial charge is 0.364 e. The Morgan fingerprint density at radius 1 is 1.10 bits per heavy atom. The molecular weight excluding hydrogens is 530 g/mol. The maximum Gasteiger partial charge on any atom is 0.266 e. The van der Waals surface area contributed by atoms with E-state index in [-0.39, 0.29) is 30.4 Å². The molecule has 208 valence electrons. The van der Waals surface area contributed by atoms with Crippen molar-refractivity contribution in [3.63, 3.8) is 0 Å². The number of rotatable bonds is 6. The van der Waals surface area contributed by atoms with Gasteiger partial charge in [0, 0.05) is 63.7 Å². The number of carbonyl (C=O) groups is 2. The number of pyridine rings is 1. The summed E-state index contributed by atoms with van der Waals surface area (Å²) < 4.78 is 3.42. The summed E-state index contributed by atoms with van der Waals surface area (Å²) >= 11 is 1.40. The van der Waals surface area contributed by atoms with E-state index in [4.69, 9.17) is 4.98 Å². The van der Waals surface area contributed by atoms with E-state index in [0.29, 0.717) is 10.8 Å². The predicted octanol–water partition coefficient (Wildman–Crippen LogP) is 1.39. The third-order valence-corrected chi connectivity index (χ3v) is 8.85. The molecule has 7 heterocycles. The lowest BCUT2D eigenvalue weighted by Crippen LogP contribution is -2.55. The fraction of sp³-hybridized carbons (Fsp3) is 0.462. The Hall–Kier alpha value is -4.04. The smallest absolute Gasteiger partial charge is 0.266 e. The number of likely N-dealkylation sites (N-methyl/N-ethyl adjacent to an activating group) is 1. The summed E-state index contributed by atoms with van der Waals surface area (Å²) in [5.41, 5.74) is 4.18. The zero-order chi connectivity index (χ0) is 27.2. The molecule has 13 nitrogen and oxygen atoms in total. The number of nitrogens with one attached hydrogen (secondary N) is 1. The average molecular weight is 562 g/mol. The van der Waals surface area contributed by atoms with Crippen LogP contribution in [0.1, 0.15) is 22.5 Å².